The van der Waals surface area contributed by atoms with Crippen molar-refractivity contribution in [1.82, 2.24) is 15.2 Å². The van der Waals surface area contributed by atoms with E-state index in [1.54, 1.807) is 43.7 Å². The third-order valence-corrected chi connectivity index (χ3v) is 4.12. The molecule has 25 heavy (non-hydrogen) atoms. The molecule has 1 aromatic carbocycles. The van der Waals surface area contributed by atoms with Gasteiger partial charge in [0.1, 0.15) is 18.3 Å². The van der Waals surface area contributed by atoms with Crippen LogP contribution in [0.3, 0.4) is 0 Å². The number of carbonyl (C=O) groups is 3. The molecule has 134 valence electrons. The number of carboxylic acid groups (broad SMARTS) is 1. The molecule has 1 atom stereocenters. The molecule has 2 rings (SSSR count). The number of halogens is 1. The fourth-order valence-corrected chi connectivity index (χ4v) is 2.74. The van der Waals surface area contributed by atoms with Crippen molar-refractivity contribution in [2.24, 2.45) is 13.0 Å². The summed E-state index contributed by atoms with van der Waals surface area (Å²) in [5.74, 6) is -2.30. The third-order valence-electron chi connectivity index (χ3n) is 3.89. The number of amides is 2. The lowest BCUT2D eigenvalue weighted by molar-refractivity contribution is -0.138. The van der Waals surface area contributed by atoms with E-state index in [2.05, 4.69) is 10.6 Å². The molecule has 0 aliphatic carbocycles. The van der Waals surface area contributed by atoms with E-state index in [9.17, 15) is 14.4 Å². The van der Waals surface area contributed by atoms with Crippen LogP contribution in [0.2, 0.25) is 5.02 Å². The number of fused-ring (bicyclic) bond motifs is 1. The number of hydrogen-bond acceptors (Lipinski definition) is 3. The van der Waals surface area contributed by atoms with E-state index in [1.165, 1.54) is 0 Å². The maximum absolute atomic E-state index is 12.6. The summed E-state index contributed by atoms with van der Waals surface area (Å²) in [7, 11) is 1.75. The number of carbonyl (C=O) groups excluding carboxylic acids is 2. The first-order chi connectivity index (χ1) is 11.7. The van der Waals surface area contributed by atoms with Crippen LogP contribution < -0.4 is 10.6 Å². The Morgan fingerprint density at radius 1 is 1.24 bits per heavy atom. The maximum Gasteiger partial charge on any atom is 0.322 e. The van der Waals surface area contributed by atoms with Crippen molar-refractivity contribution in [1.29, 1.82) is 0 Å². The highest BCUT2D eigenvalue weighted by Crippen LogP contribution is 2.22. The van der Waals surface area contributed by atoms with E-state index in [0.29, 0.717) is 10.7 Å². The minimum absolute atomic E-state index is 0.207. The number of hydrogen-bond donors (Lipinski definition) is 3. The molecule has 0 saturated heterocycles. The van der Waals surface area contributed by atoms with Gasteiger partial charge in [-0.05, 0) is 30.2 Å². The van der Waals surface area contributed by atoms with Gasteiger partial charge in [0.25, 0.3) is 5.91 Å². The van der Waals surface area contributed by atoms with Crippen LogP contribution in [-0.2, 0) is 16.6 Å². The molecule has 1 heterocycles. The number of nitrogens with one attached hydrogen (secondary N) is 2. The Hall–Kier alpha value is -2.54. The highest BCUT2D eigenvalue weighted by Gasteiger charge is 2.26. The summed E-state index contributed by atoms with van der Waals surface area (Å²) in [6.07, 6.45) is 0. The Morgan fingerprint density at radius 2 is 1.92 bits per heavy atom. The van der Waals surface area contributed by atoms with Crippen LogP contribution in [0.1, 0.15) is 24.3 Å². The molecule has 0 spiro atoms. The summed E-state index contributed by atoms with van der Waals surface area (Å²) < 4.78 is 1.72. The lowest BCUT2D eigenvalue weighted by atomic mass is 10.0. The molecule has 0 aliphatic rings. The van der Waals surface area contributed by atoms with Gasteiger partial charge in [0.2, 0.25) is 5.91 Å². The molecule has 7 nitrogen and oxygen atoms in total. The standard InChI is InChI=1S/C17H20ClN3O4/c1-9(2)15(17(25)19-8-14(22)23)20-16(24)13-7-10-6-11(18)4-5-12(10)21(13)3/h4-7,9,15H,8H2,1-3H3,(H,19,25)(H,20,24)(H,22,23). The fraction of sp³-hybridized carbons (Fsp3) is 0.353. The highest BCUT2D eigenvalue weighted by molar-refractivity contribution is 6.31. The second-order valence-corrected chi connectivity index (χ2v) is 6.53. The summed E-state index contributed by atoms with van der Waals surface area (Å²) in [6.45, 7) is 3.05. The van der Waals surface area contributed by atoms with Crippen molar-refractivity contribution >= 4 is 40.3 Å². The molecule has 0 saturated carbocycles. The number of benzene rings is 1. The van der Waals surface area contributed by atoms with Gasteiger partial charge in [0, 0.05) is 23.0 Å². The topological polar surface area (TPSA) is 100 Å². The average molecular weight is 366 g/mol. The molecule has 0 radical (unpaired) electrons. The van der Waals surface area contributed by atoms with Crippen molar-refractivity contribution in [2.75, 3.05) is 6.54 Å². The van der Waals surface area contributed by atoms with Crippen LogP contribution in [0.25, 0.3) is 10.9 Å². The van der Waals surface area contributed by atoms with Crippen molar-refractivity contribution in [3.63, 3.8) is 0 Å². The first kappa shape index (κ1) is 18.8. The van der Waals surface area contributed by atoms with Crippen LogP contribution in [0.4, 0.5) is 0 Å². The minimum atomic E-state index is -1.15. The zero-order chi connectivity index (χ0) is 18.7. The normalized spacial score (nSPS) is 12.2. The van der Waals surface area contributed by atoms with Gasteiger partial charge in [-0.1, -0.05) is 25.4 Å². The van der Waals surface area contributed by atoms with Gasteiger partial charge in [0.15, 0.2) is 0 Å². The quantitative estimate of drug-likeness (QED) is 0.726. The Bertz CT molecular complexity index is 829. The largest absolute Gasteiger partial charge is 0.480 e. The molecule has 0 bridgehead atoms. The lowest BCUT2D eigenvalue weighted by Gasteiger charge is -2.21. The third kappa shape index (κ3) is 4.30. The first-order valence-corrected chi connectivity index (χ1v) is 8.14. The van der Waals surface area contributed by atoms with E-state index in [1.807, 2.05) is 6.07 Å². The summed E-state index contributed by atoms with van der Waals surface area (Å²) in [5.41, 5.74) is 1.22. The molecular weight excluding hydrogens is 346 g/mol. The Kier molecular flexibility index (Phi) is 5.69. The number of nitrogens with zero attached hydrogens (tertiary/aromatic N) is 1. The zero-order valence-corrected chi connectivity index (χ0v) is 14.9. The maximum atomic E-state index is 12.6. The van der Waals surface area contributed by atoms with Crippen molar-refractivity contribution in [3.05, 3.63) is 35.0 Å². The molecular formula is C17H20ClN3O4. The van der Waals surface area contributed by atoms with Gasteiger partial charge < -0.3 is 20.3 Å². The molecule has 3 N–H and O–H groups in total. The predicted molar refractivity (Wildman–Crippen MR) is 94.7 cm³/mol. The van der Waals surface area contributed by atoms with Crippen LogP contribution in [0.5, 0.6) is 0 Å². The van der Waals surface area contributed by atoms with Gasteiger partial charge >= 0.3 is 5.97 Å². The van der Waals surface area contributed by atoms with Gasteiger partial charge in [-0.15, -0.1) is 0 Å². The van der Waals surface area contributed by atoms with E-state index in [4.69, 9.17) is 16.7 Å². The van der Waals surface area contributed by atoms with Gasteiger partial charge in [-0.25, -0.2) is 0 Å². The summed E-state index contributed by atoms with van der Waals surface area (Å²) in [5, 5.41) is 15.0. The molecule has 2 aromatic rings. The van der Waals surface area contributed by atoms with Gasteiger partial charge in [-0.2, -0.15) is 0 Å². The van der Waals surface area contributed by atoms with Crippen molar-refractivity contribution in [3.8, 4) is 0 Å². The minimum Gasteiger partial charge on any atom is -0.480 e. The second-order valence-electron chi connectivity index (χ2n) is 6.10. The molecule has 0 fully saturated rings. The molecule has 8 heteroatoms. The summed E-state index contributed by atoms with van der Waals surface area (Å²) >= 11 is 5.98. The van der Waals surface area contributed by atoms with Crippen LogP contribution in [-0.4, -0.2) is 40.0 Å². The van der Waals surface area contributed by atoms with Crippen LogP contribution in [0.15, 0.2) is 24.3 Å². The van der Waals surface area contributed by atoms with E-state index in [-0.39, 0.29) is 5.92 Å². The zero-order valence-electron chi connectivity index (χ0n) is 14.2. The van der Waals surface area contributed by atoms with E-state index < -0.39 is 30.4 Å². The number of rotatable bonds is 6. The highest BCUT2D eigenvalue weighted by atomic mass is 35.5. The smallest absolute Gasteiger partial charge is 0.322 e. The number of aliphatic carboxylic acids is 1. The fourth-order valence-electron chi connectivity index (χ4n) is 2.56. The Labute approximate surface area is 149 Å². The van der Waals surface area contributed by atoms with Crippen molar-refractivity contribution < 1.29 is 19.5 Å². The average Bonchev–Trinajstić information content (AvgIpc) is 2.86. The van der Waals surface area contributed by atoms with Crippen LogP contribution in [0, 0.1) is 5.92 Å². The lowest BCUT2D eigenvalue weighted by Crippen LogP contribution is -2.50. The van der Waals surface area contributed by atoms with Gasteiger partial charge in [-0.3, -0.25) is 14.4 Å². The molecule has 1 aromatic heterocycles. The number of carboxylic acids is 1. The predicted octanol–water partition coefficient (Wildman–Crippen LogP) is 1.79. The second kappa shape index (κ2) is 7.57. The first-order valence-electron chi connectivity index (χ1n) is 7.76. The molecule has 1 unspecified atom stereocenters. The molecule has 0 aliphatic heterocycles. The number of aryl methyl sites for hydroxylation is 1. The van der Waals surface area contributed by atoms with Gasteiger partial charge in [0.05, 0.1) is 0 Å². The Morgan fingerprint density at radius 3 is 2.52 bits per heavy atom. The summed E-state index contributed by atoms with van der Waals surface area (Å²) in [6, 6.07) is 6.17. The Balaban J connectivity index is 2.22. The molecule has 2 amide bonds. The number of aromatic nitrogens is 1. The van der Waals surface area contributed by atoms with Crippen molar-refractivity contribution in [2.45, 2.75) is 19.9 Å². The SMILES string of the molecule is CC(C)C(NC(=O)c1cc2cc(Cl)ccc2n1C)C(=O)NCC(=O)O. The van der Waals surface area contributed by atoms with E-state index in [0.717, 1.165) is 10.9 Å². The summed E-state index contributed by atoms with van der Waals surface area (Å²) in [4.78, 5) is 35.4. The van der Waals surface area contributed by atoms with Crippen LogP contribution >= 0.6 is 11.6 Å². The van der Waals surface area contributed by atoms with E-state index >= 15 is 0 Å². The monoisotopic (exact) mass is 365 g/mol.